The molecule has 0 aromatic rings. The van der Waals surface area contributed by atoms with Crippen LogP contribution in [-0.2, 0) is 28.7 Å². The first-order valence-corrected chi connectivity index (χ1v) is 7.28. The molecule has 0 aliphatic heterocycles. The van der Waals surface area contributed by atoms with Crippen LogP contribution < -0.4 is 0 Å². The van der Waals surface area contributed by atoms with E-state index in [0.717, 1.165) is 12.0 Å². The molecule has 0 fully saturated rings. The van der Waals surface area contributed by atoms with Crippen LogP contribution in [0.3, 0.4) is 0 Å². The molecule has 3 unspecified atom stereocenters. The van der Waals surface area contributed by atoms with Gasteiger partial charge in [-0.05, 0) is 6.42 Å². The van der Waals surface area contributed by atoms with Gasteiger partial charge in [0.2, 0.25) is 0 Å². The van der Waals surface area contributed by atoms with E-state index in [1.807, 2.05) is 0 Å². The number of methoxy groups -OCH3 is 1. The summed E-state index contributed by atoms with van der Waals surface area (Å²) in [6.45, 7) is 1.53. The first-order chi connectivity index (χ1) is 11.5. The molecule has 11 nitrogen and oxygen atoms in total. The van der Waals surface area contributed by atoms with Crippen molar-refractivity contribution in [3.8, 4) is 0 Å². The third-order valence-corrected chi connectivity index (χ3v) is 3.55. The van der Waals surface area contributed by atoms with Gasteiger partial charge in [0, 0.05) is 6.04 Å². The van der Waals surface area contributed by atoms with Gasteiger partial charge in [-0.1, -0.05) is 6.92 Å². The van der Waals surface area contributed by atoms with Gasteiger partial charge in [0.1, 0.15) is 12.1 Å². The van der Waals surface area contributed by atoms with E-state index in [4.69, 9.17) is 10.2 Å². The third kappa shape index (κ3) is 7.16. The summed E-state index contributed by atoms with van der Waals surface area (Å²) in [4.78, 5) is 57.3. The van der Waals surface area contributed by atoms with E-state index in [1.165, 1.54) is 6.92 Å². The smallest absolute Gasteiger partial charge is 0.321 e. The maximum Gasteiger partial charge on any atom is 0.321 e. The molecule has 0 saturated carbocycles. The van der Waals surface area contributed by atoms with Crippen molar-refractivity contribution >= 4 is 29.8 Å². The van der Waals surface area contributed by atoms with Gasteiger partial charge in [-0.15, -0.1) is 0 Å². The molecule has 0 rings (SSSR count). The molecule has 0 saturated heterocycles. The van der Waals surface area contributed by atoms with Crippen molar-refractivity contribution in [1.82, 2.24) is 4.90 Å². The van der Waals surface area contributed by atoms with Crippen LogP contribution >= 0.6 is 0 Å². The second kappa shape index (κ2) is 10.2. The summed E-state index contributed by atoms with van der Waals surface area (Å²) in [5.74, 6) is -7.06. The van der Waals surface area contributed by atoms with Gasteiger partial charge in [-0.2, -0.15) is 0 Å². The Hall–Kier alpha value is -2.69. The summed E-state index contributed by atoms with van der Waals surface area (Å²) < 4.78 is 4.48. The Labute approximate surface area is 142 Å². The van der Waals surface area contributed by atoms with Crippen LogP contribution in [0.5, 0.6) is 0 Å². The molecule has 0 aromatic heterocycles. The molecular weight excluding hydrogens is 342 g/mol. The summed E-state index contributed by atoms with van der Waals surface area (Å²) in [5.41, 5.74) is 0. The standard InChI is InChI=1S/C14H21NO10/c1-3-7(4-12(20)25-2)15(8(13(21)22)5-10(16)17)9(14(23)24)6-11(18)19/h7-9H,3-6H2,1-2H3,(H,16,17)(H,18,19)(H,21,22)(H,23,24). The van der Waals surface area contributed by atoms with Crippen LogP contribution in [0.2, 0.25) is 0 Å². The molecular formula is C14H21NO10. The zero-order chi connectivity index (χ0) is 19.7. The summed E-state index contributed by atoms with van der Waals surface area (Å²) in [5, 5.41) is 36.5. The lowest BCUT2D eigenvalue weighted by molar-refractivity contribution is -0.162. The van der Waals surface area contributed by atoms with Gasteiger partial charge >= 0.3 is 29.8 Å². The summed E-state index contributed by atoms with van der Waals surface area (Å²) in [6, 6.07) is -4.69. The highest BCUT2D eigenvalue weighted by Gasteiger charge is 2.42. The topological polar surface area (TPSA) is 179 Å². The van der Waals surface area contributed by atoms with E-state index < -0.39 is 67.2 Å². The van der Waals surface area contributed by atoms with Crippen LogP contribution in [-0.4, -0.2) is 80.4 Å². The minimum atomic E-state index is -1.83. The number of carboxylic acid groups (broad SMARTS) is 4. The van der Waals surface area contributed by atoms with Crippen LogP contribution in [0, 0.1) is 0 Å². The SMILES string of the molecule is CCC(CC(=O)OC)N(C(CC(=O)O)C(=O)O)C(CC(=O)O)C(=O)O. The number of hydrogen-bond acceptors (Lipinski definition) is 7. The largest absolute Gasteiger partial charge is 0.481 e. The molecule has 0 heterocycles. The Morgan fingerprint density at radius 3 is 1.48 bits per heavy atom. The molecule has 0 aromatic carbocycles. The lowest BCUT2D eigenvalue weighted by Gasteiger charge is -2.38. The fourth-order valence-corrected chi connectivity index (χ4v) is 2.43. The highest BCUT2D eigenvalue weighted by molar-refractivity contribution is 5.84. The van der Waals surface area contributed by atoms with Gasteiger partial charge in [-0.3, -0.25) is 28.9 Å². The lowest BCUT2D eigenvalue weighted by Crippen LogP contribution is -2.57. The van der Waals surface area contributed by atoms with E-state index in [1.54, 1.807) is 0 Å². The average molecular weight is 363 g/mol. The first-order valence-electron chi connectivity index (χ1n) is 7.28. The van der Waals surface area contributed by atoms with Gasteiger partial charge in [0.05, 0.1) is 26.4 Å². The molecule has 0 amide bonds. The molecule has 11 heteroatoms. The molecule has 142 valence electrons. The van der Waals surface area contributed by atoms with Gasteiger partial charge in [-0.25, -0.2) is 0 Å². The number of carbonyl (C=O) groups is 5. The number of esters is 1. The Kier molecular flexibility index (Phi) is 9.13. The van der Waals surface area contributed by atoms with E-state index >= 15 is 0 Å². The molecule has 0 bridgehead atoms. The van der Waals surface area contributed by atoms with E-state index in [0.29, 0.717) is 0 Å². The molecule has 0 radical (unpaired) electrons. The van der Waals surface area contributed by atoms with Crippen molar-refractivity contribution in [3.05, 3.63) is 0 Å². The number of ether oxygens (including phenoxy) is 1. The second-order valence-corrected chi connectivity index (χ2v) is 5.19. The fourth-order valence-electron chi connectivity index (χ4n) is 2.43. The maximum absolute atomic E-state index is 11.5. The van der Waals surface area contributed by atoms with E-state index in [-0.39, 0.29) is 6.42 Å². The second-order valence-electron chi connectivity index (χ2n) is 5.19. The van der Waals surface area contributed by atoms with Crippen LogP contribution in [0.25, 0.3) is 0 Å². The average Bonchev–Trinajstić information content (AvgIpc) is 2.50. The quantitative estimate of drug-likeness (QED) is 0.328. The molecule has 0 aliphatic rings. The minimum Gasteiger partial charge on any atom is -0.481 e. The monoisotopic (exact) mass is 363 g/mol. The van der Waals surface area contributed by atoms with Gasteiger partial charge < -0.3 is 25.2 Å². The first kappa shape index (κ1) is 22.3. The molecule has 4 N–H and O–H groups in total. The number of carboxylic acids is 4. The van der Waals surface area contributed by atoms with Crippen LogP contribution in [0.4, 0.5) is 0 Å². The maximum atomic E-state index is 11.5. The predicted octanol–water partition coefficient (Wildman–Crippen LogP) is -0.514. The van der Waals surface area contributed by atoms with Crippen molar-refractivity contribution in [2.75, 3.05) is 7.11 Å². The number of nitrogens with zero attached hydrogens (tertiary/aromatic N) is 1. The molecule has 0 aliphatic carbocycles. The fraction of sp³-hybridized carbons (Fsp3) is 0.643. The van der Waals surface area contributed by atoms with Crippen molar-refractivity contribution < 1.29 is 49.1 Å². The van der Waals surface area contributed by atoms with Crippen LogP contribution in [0.15, 0.2) is 0 Å². The van der Waals surface area contributed by atoms with Crippen molar-refractivity contribution in [2.24, 2.45) is 0 Å². The molecule has 3 atom stereocenters. The zero-order valence-corrected chi connectivity index (χ0v) is 13.7. The predicted molar refractivity (Wildman–Crippen MR) is 79.9 cm³/mol. The number of rotatable bonds is 12. The Morgan fingerprint density at radius 1 is 0.840 bits per heavy atom. The van der Waals surface area contributed by atoms with Gasteiger partial charge in [0.15, 0.2) is 0 Å². The Bertz CT molecular complexity index is 498. The normalized spacial score (nSPS) is 14.4. The van der Waals surface area contributed by atoms with E-state index in [2.05, 4.69) is 4.74 Å². The Balaban J connectivity index is 6.06. The Morgan fingerprint density at radius 2 is 1.24 bits per heavy atom. The molecule has 25 heavy (non-hydrogen) atoms. The van der Waals surface area contributed by atoms with Crippen molar-refractivity contribution in [3.63, 3.8) is 0 Å². The van der Waals surface area contributed by atoms with Gasteiger partial charge in [0.25, 0.3) is 0 Å². The van der Waals surface area contributed by atoms with E-state index in [9.17, 15) is 34.2 Å². The van der Waals surface area contributed by atoms with Crippen LogP contribution in [0.1, 0.15) is 32.6 Å². The lowest BCUT2D eigenvalue weighted by atomic mass is 9.99. The number of hydrogen-bond donors (Lipinski definition) is 4. The summed E-state index contributed by atoms with van der Waals surface area (Å²) in [6.07, 6.45) is -2.27. The minimum absolute atomic E-state index is 0.0713. The summed E-state index contributed by atoms with van der Waals surface area (Å²) >= 11 is 0. The zero-order valence-electron chi connectivity index (χ0n) is 13.7. The van der Waals surface area contributed by atoms with Crippen molar-refractivity contribution in [2.45, 2.75) is 50.7 Å². The number of aliphatic carboxylic acids is 4. The molecule has 0 spiro atoms. The van der Waals surface area contributed by atoms with Crippen molar-refractivity contribution in [1.29, 1.82) is 0 Å². The highest BCUT2D eigenvalue weighted by Crippen LogP contribution is 2.22. The number of carbonyl (C=O) groups excluding carboxylic acids is 1. The summed E-state index contributed by atoms with van der Waals surface area (Å²) in [7, 11) is 1.08. The highest BCUT2D eigenvalue weighted by atomic mass is 16.5. The third-order valence-electron chi connectivity index (χ3n) is 3.55.